The van der Waals surface area contributed by atoms with E-state index in [1.165, 1.54) is 24.0 Å². The van der Waals surface area contributed by atoms with Crippen molar-refractivity contribution in [3.63, 3.8) is 0 Å². The van der Waals surface area contributed by atoms with Gasteiger partial charge in [-0.2, -0.15) is 0 Å². The van der Waals surface area contributed by atoms with E-state index in [1.807, 2.05) is 12.1 Å². The van der Waals surface area contributed by atoms with Crippen molar-refractivity contribution in [1.29, 1.82) is 0 Å². The van der Waals surface area contributed by atoms with Crippen LogP contribution in [0.15, 0.2) is 18.2 Å². The molecular weight excluding hydrogens is 312 g/mol. The molecule has 0 saturated heterocycles. The summed E-state index contributed by atoms with van der Waals surface area (Å²) in [5.74, 6) is 2.20. The van der Waals surface area contributed by atoms with Crippen LogP contribution < -0.4 is 15.8 Å². The van der Waals surface area contributed by atoms with E-state index in [2.05, 4.69) is 11.4 Å². The first-order chi connectivity index (χ1) is 10.7. The number of halogens is 1. The van der Waals surface area contributed by atoms with Gasteiger partial charge in [-0.05, 0) is 61.1 Å². The van der Waals surface area contributed by atoms with Gasteiger partial charge in [0.15, 0.2) is 0 Å². The molecule has 2 fully saturated rings. The van der Waals surface area contributed by atoms with Crippen molar-refractivity contribution >= 4 is 18.3 Å². The maximum atomic E-state index is 12.7. The van der Waals surface area contributed by atoms with Crippen molar-refractivity contribution in [2.45, 2.75) is 44.2 Å². The van der Waals surface area contributed by atoms with Crippen molar-refractivity contribution in [3.05, 3.63) is 29.3 Å². The lowest BCUT2D eigenvalue weighted by Crippen LogP contribution is -2.45. The zero-order valence-electron chi connectivity index (χ0n) is 13.5. The Morgan fingerprint density at radius 1 is 1.26 bits per heavy atom. The van der Waals surface area contributed by atoms with E-state index in [0.717, 1.165) is 25.0 Å². The zero-order valence-corrected chi connectivity index (χ0v) is 14.3. The molecule has 0 heterocycles. The van der Waals surface area contributed by atoms with Gasteiger partial charge >= 0.3 is 0 Å². The first kappa shape index (κ1) is 16.6. The Labute approximate surface area is 143 Å². The molecule has 0 radical (unpaired) electrons. The first-order valence-electron chi connectivity index (χ1n) is 8.40. The molecule has 5 unspecified atom stereocenters. The van der Waals surface area contributed by atoms with Gasteiger partial charge in [0.1, 0.15) is 5.75 Å². The van der Waals surface area contributed by atoms with E-state index in [4.69, 9.17) is 10.5 Å². The fourth-order valence-corrected chi connectivity index (χ4v) is 4.95. The SMILES string of the molecule is COc1cccc2c1CCC2NC(=O)C1C2CCC(C2)C1N.Cl. The van der Waals surface area contributed by atoms with Crippen LogP contribution in [0.2, 0.25) is 0 Å². The number of benzene rings is 1. The summed E-state index contributed by atoms with van der Waals surface area (Å²) in [7, 11) is 1.70. The number of hydrogen-bond donors (Lipinski definition) is 2. The van der Waals surface area contributed by atoms with Crippen molar-refractivity contribution < 1.29 is 9.53 Å². The van der Waals surface area contributed by atoms with Crippen molar-refractivity contribution in [3.8, 4) is 5.75 Å². The average molecular weight is 337 g/mol. The quantitative estimate of drug-likeness (QED) is 0.891. The minimum Gasteiger partial charge on any atom is -0.496 e. The molecule has 0 aliphatic heterocycles. The molecule has 4 nitrogen and oxygen atoms in total. The molecule has 2 bridgehead atoms. The Morgan fingerprint density at radius 3 is 2.74 bits per heavy atom. The Kier molecular flexibility index (Phi) is 4.56. The number of ether oxygens (including phenoxy) is 1. The van der Waals surface area contributed by atoms with Crippen LogP contribution in [0, 0.1) is 17.8 Å². The summed E-state index contributed by atoms with van der Waals surface area (Å²) >= 11 is 0. The van der Waals surface area contributed by atoms with Gasteiger partial charge in [-0.25, -0.2) is 0 Å². The van der Waals surface area contributed by atoms with Gasteiger partial charge in [-0.15, -0.1) is 12.4 Å². The van der Waals surface area contributed by atoms with Gasteiger partial charge in [-0.3, -0.25) is 4.79 Å². The third kappa shape index (κ3) is 2.62. The van der Waals surface area contributed by atoms with Gasteiger partial charge in [-0.1, -0.05) is 12.1 Å². The second-order valence-corrected chi connectivity index (χ2v) is 7.06. The summed E-state index contributed by atoms with van der Waals surface area (Å²) in [4.78, 5) is 12.7. The first-order valence-corrected chi connectivity index (χ1v) is 8.40. The molecule has 23 heavy (non-hydrogen) atoms. The molecule has 5 heteroatoms. The number of nitrogens with one attached hydrogen (secondary N) is 1. The molecule has 1 aromatic carbocycles. The Morgan fingerprint density at radius 2 is 2.04 bits per heavy atom. The summed E-state index contributed by atoms with van der Waals surface area (Å²) < 4.78 is 5.43. The van der Waals surface area contributed by atoms with Crippen molar-refractivity contribution in [1.82, 2.24) is 5.32 Å². The normalized spacial score (nSPS) is 33.9. The maximum absolute atomic E-state index is 12.7. The number of methoxy groups -OCH3 is 1. The van der Waals surface area contributed by atoms with E-state index in [0.29, 0.717) is 11.8 Å². The van der Waals surface area contributed by atoms with Gasteiger partial charge in [0.05, 0.1) is 19.1 Å². The zero-order chi connectivity index (χ0) is 15.3. The summed E-state index contributed by atoms with van der Waals surface area (Å²) in [6.07, 6.45) is 5.45. The number of carbonyl (C=O) groups excluding carboxylic acids is 1. The molecule has 1 aromatic rings. The van der Waals surface area contributed by atoms with Crippen LogP contribution in [0.1, 0.15) is 42.9 Å². The fourth-order valence-electron chi connectivity index (χ4n) is 4.95. The Balaban J connectivity index is 0.00000156. The largest absolute Gasteiger partial charge is 0.496 e. The highest BCUT2D eigenvalue weighted by atomic mass is 35.5. The van der Waals surface area contributed by atoms with Crippen LogP contribution in [0.25, 0.3) is 0 Å². The predicted molar refractivity (Wildman–Crippen MR) is 91.7 cm³/mol. The minimum atomic E-state index is 0. The van der Waals surface area contributed by atoms with Crippen LogP contribution in [0.3, 0.4) is 0 Å². The maximum Gasteiger partial charge on any atom is 0.225 e. The molecule has 3 aliphatic rings. The van der Waals surface area contributed by atoms with Crippen molar-refractivity contribution in [2.75, 3.05) is 7.11 Å². The van der Waals surface area contributed by atoms with Crippen LogP contribution in [0.5, 0.6) is 5.75 Å². The highest BCUT2D eigenvalue weighted by Gasteiger charge is 2.49. The van der Waals surface area contributed by atoms with Gasteiger partial charge in [0.25, 0.3) is 0 Å². The average Bonchev–Trinajstić information content (AvgIpc) is 3.21. The highest BCUT2D eigenvalue weighted by Crippen LogP contribution is 2.48. The van der Waals surface area contributed by atoms with E-state index >= 15 is 0 Å². The molecule has 0 aromatic heterocycles. The van der Waals surface area contributed by atoms with Crippen LogP contribution in [-0.2, 0) is 11.2 Å². The fraction of sp³-hybridized carbons (Fsp3) is 0.611. The van der Waals surface area contributed by atoms with Crippen molar-refractivity contribution in [2.24, 2.45) is 23.5 Å². The lowest BCUT2D eigenvalue weighted by molar-refractivity contribution is -0.127. The van der Waals surface area contributed by atoms with Crippen LogP contribution in [0.4, 0.5) is 0 Å². The van der Waals surface area contributed by atoms with Gasteiger partial charge in [0.2, 0.25) is 5.91 Å². The molecular formula is C18H25ClN2O2. The van der Waals surface area contributed by atoms with Gasteiger partial charge in [0, 0.05) is 6.04 Å². The summed E-state index contributed by atoms with van der Waals surface area (Å²) in [6, 6.07) is 6.28. The summed E-state index contributed by atoms with van der Waals surface area (Å²) in [6.45, 7) is 0. The highest BCUT2D eigenvalue weighted by molar-refractivity contribution is 5.85. The number of rotatable bonds is 3. The number of nitrogens with two attached hydrogens (primary N) is 1. The predicted octanol–water partition coefficient (Wildman–Crippen LogP) is 2.59. The second kappa shape index (κ2) is 6.33. The monoisotopic (exact) mass is 336 g/mol. The molecule has 126 valence electrons. The second-order valence-electron chi connectivity index (χ2n) is 7.06. The van der Waals surface area contributed by atoms with E-state index in [1.54, 1.807) is 7.11 Å². The molecule has 5 atom stereocenters. The van der Waals surface area contributed by atoms with E-state index < -0.39 is 0 Å². The molecule has 2 saturated carbocycles. The summed E-state index contributed by atoms with van der Waals surface area (Å²) in [5, 5.41) is 3.27. The smallest absolute Gasteiger partial charge is 0.225 e. The van der Waals surface area contributed by atoms with E-state index in [9.17, 15) is 4.79 Å². The number of amides is 1. The minimum absolute atomic E-state index is 0. The molecule has 0 spiro atoms. The molecule has 1 amide bonds. The summed E-state index contributed by atoms with van der Waals surface area (Å²) in [5.41, 5.74) is 8.75. The lowest BCUT2D eigenvalue weighted by atomic mass is 9.84. The number of fused-ring (bicyclic) bond motifs is 3. The standard InChI is InChI=1S/C18H24N2O2.ClH/c1-22-15-4-2-3-12-13(15)7-8-14(12)20-18(21)16-10-5-6-11(9-10)17(16)19;/h2-4,10-11,14,16-17H,5-9,19H2,1H3,(H,20,21);1H. The van der Waals surface area contributed by atoms with Gasteiger partial charge < -0.3 is 15.8 Å². The van der Waals surface area contributed by atoms with Crippen LogP contribution in [-0.4, -0.2) is 19.1 Å². The van der Waals surface area contributed by atoms with E-state index in [-0.39, 0.29) is 36.3 Å². The van der Waals surface area contributed by atoms with Crippen LogP contribution >= 0.6 is 12.4 Å². The third-order valence-corrected chi connectivity index (χ3v) is 6.05. The molecule has 3 N–H and O–H groups in total. The Hall–Kier alpha value is -1.26. The number of hydrogen-bond acceptors (Lipinski definition) is 3. The molecule has 4 rings (SSSR count). The molecule has 3 aliphatic carbocycles. The lowest BCUT2D eigenvalue weighted by Gasteiger charge is -2.28. The third-order valence-electron chi connectivity index (χ3n) is 6.05. The Bertz CT molecular complexity index is 605. The number of carbonyl (C=O) groups is 1. The topological polar surface area (TPSA) is 64.3 Å².